The number of carbonyl (C=O) groups excluding carboxylic acids is 1. The Balaban J connectivity index is 2.24. The second-order valence-electron chi connectivity index (χ2n) is 3.26. The van der Waals surface area contributed by atoms with Crippen molar-refractivity contribution in [1.29, 1.82) is 0 Å². The largest absolute Gasteiger partial charge is 0.479 e. The van der Waals surface area contributed by atoms with E-state index in [-0.39, 0.29) is 6.61 Å². The average molecular weight is 239 g/mol. The molecule has 6 nitrogen and oxygen atoms in total. The molecule has 0 aromatic heterocycles. The molecular weight excluding hydrogens is 226 g/mol. The van der Waals surface area contributed by atoms with E-state index in [4.69, 9.17) is 9.84 Å². The number of hydrogen-bond acceptors (Lipinski definition) is 4. The molecule has 0 saturated carbocycles. The fourth-order valence-corrected chi connectivity index (χ4v) is 0.939. The van der Waals surface area contributed by atoms with Crippen molar-refractivity contribution in [3.8, 4) is 0 Å². The lowest BCUT2D eigenvalue weighted by Gasteiger charge is -2.09. The van der Waals surface area contributed by atoms with Crippen molar-refractivity contribution in [2.75, 3.05) is 0 Å². The van der Waals surface area contributed by atoms with E-state index in [1.807, 2.05) is 23.7 Å². The van der Waals surface area contributed by atoms with E-state index in [1.165, 1.54) is 6.92 Å². The Morgan fingerprint density at radius 1 is 1.35 bits per heavy atom. The molecule has 1 atom stereocenters. The molecule has 0 aliphatic carbocycles. The zero-order chi connectivity index (χ0) is 12.7. The van der Waals surface area contributed by atoms with Gasteiger partial charge < -0.3 is 9.84 Å². The molecule has 17 heavy (non-hydrogen) atoms. The van der Waals surface area contributed by atoms with E-state index >= 15 is 0 Å². The maximum absolute atomic E-state index is 11.1. The molecule has 0 aliphatic heterocycles. The summed E-state index contributed by atoms with van der Waals surface area (Å²) in [6.45, 7) is 1.39. The fourth-order valence-electron chi connectivity index (χ4n) is 0.939. The summed E-state index contributed by atoms with van der Waals surface area (Å²) in [4.78, 5) is 26.0. The first kappa shape index (κ1) is 13.0. The first-order valence-corrected chi connectivity index (χ1v) is 4.94. The molecule has 92 valence electrons. The van der Waals surface area contributed by atoms with E-state index in [0.717, 1.165) is 5.56 Å². The average Bonchev–Trinajstić information content (AvgIpc) is 2.34. The van der Waals surface area contributed by atoms with Gasteiger partial charge in [0.15, 0.2) is 6.10 Å². The van der Waals surface area contributed by atoms with E-state index in [9.17, 15) is 9.59 Å². The zero-order valence-corrected chi connectivity index (χ0v) is 9.25. The number of carboxylic acids is 1. The summed E-state index contributed by atoms with van der Waals surface area (Å²) in [5.74, 6) is -1.17. The van der Waals surface area contributed by atoms with Crippen LogP contribution in [0.3, 0.4) is 0 Å². The van der Waals surface area contributed by atoms with Gasteiger partial charge in [-0.25, -0.2) is 9.59 Å². The summed E-state index contributed by atoms with van der Waals surface area (Å²) in [5.41, 5.74) is 2.72. The Morgan fingerprint density at radius 2 is 2.00 bits per heavy atom. The maximum Gasteiger partial charge on any atom is 0.431 e. The van der Waals surface area contributed by atoms with Gasteiger partial charge in [0.2, 0.25) is 0 Å². The van der Waals surface area contributed by atoms with E-state index < -0.39 is 18.2 Å². The van der Waals surface area contributed by atoms with E-state index in [0.29, 0.717) is 0 Å². The summed E-state index contributed by atoms with van der Waals surface area (Å²) in [5, 5.41) is 8.49. The number of rotatable bonds is 5. The molecule has 1 amide bonds. The predicted molar refractivity (Wildman–Crippen MR) is 57.9 cm³/mol. The standard InChI is InChI=1S/C11H13NO5/c1-8(10(13)14)17-12-11(15)16-7-9-5-3-2-4-6-9/h2-6,8H,7H2,1H3,(H,12,15)(H,13,14). The van der Waals surface area contributed by atoms with Gasteiger partial charge in [0.1, 0.15) is 6.61 Å². The monoisotopic (exact) mass is 239 g/mol. The molecule has 0 bridgehead atoms. The highest BCUT2D eigenvalue weighted by atomic mass is 16.7. The SMILES string of the molecule is CC(ONC(=O)OCc1ccccc1)C(=O)O. The first-order chi connectivity index (χ1) is 8.09. The second kappa shape index (κ2) is 6.49. The molecule has 0 heterocycles. The smallest absolute Gasteiger partial charge is 0.431 e. The minimum atomic E-state index is -1.17. The van der Waals surface area contributed by atoms with Gasteiger partial charge in [-0.2, -0.15) is 5.48 Å². The van der Waals surface area contributed by atoms with Crippen LogP contribution in [0, 0.1) is 0 Å². The van der Waals surface area contributed by atoms with Crippen molar-refractivity contribution >= 4 is 12.1 Å². The highest BCUT2D eigenvalue weighted by Crippen LogP contribution is 2.00. The number of carboxylic acid groups (broad SMARTS) is 1. The Morgan fingerprint density at radius 3 is 2.59 bits per heavy atom. The van der Waals surface area contributed by atoms with Crippen LogP contribution in [-0.4, -0.2) is 23.3 Å². The van der Waals surface area contributed by atoms with Crippen molar-refractivity contribution < 1.29 is 24.3 Å². The normalized spacial score (nSPS) is 11.6. The number of hydroxylamine groups is 1. The molecule has 6 heteroatoms. The van der Waals surface area contributed by atoms with Gasteiger partial charge in [0.25, 0.3) is 0 Å². The van der Waals surface area contributed by atoms with Gasteiger partial charge in [-0.1, -0.05) is 30.3 Å². The quantitative estimate of drug-likeness (QED) is 0.757. The molecule has 1 aromatic rings. The molecule has 0 radical (unpaired) electrons. The van der Waals surface area contributed by atoms with Crippen LogP contribution in [0.4, 0.5) is 4.79 Å². The van der Waals surface area contributed by atoms with Gasteiger partial charge in [-0.3, -0.25) is 4.84 Å². The van der Waals surface area contributed by atoms with Gasteiger partial charge in [0.05, 0.1) is 0 Å². The number of hydrogen-bond donors (Lipinski definition) is 2. The van der Waals surface area contributed by atoms with Crippen LogP contribution in [0.1, 0.15) is 12.5 Å². The predicted octanol–water partition coefficient (Wildman–Crippen LogP) is 1.32. The number of aliphatic carboxylic acids is 1. The van der Waals surface area contributed by atoms with Gasteiger partial charge in [-0.05, 0) is 12.5 Å². The third kappa shape index (κ3) is 4.98. The van der Waals surface area contributed by atoms with Crippen LogP contribution in [0.2, 0.25) is 0 Å². The first-order valence-electron chi connectivity index (χ1n) is 4.94. The number of amides is 1. The van der Waals surface area contributed by atoms with Crippen molar-refractivity contribution in [3.05, 3.63) is 35.9 Å². The van der Waals surface area contributed by atoms with Gasteiger partial charge in [0, 0.05) is 0 Å². The van der Waals surface area contributed by atoms with E-state index in [2.05, 4.69) is 4.84 Å². The lowest BCUT2D eigenvalue weighted by atomic mass is 10.2. The summed E-state index contributed by atoms with van der Waals surface area (Å²) in [6.07, 6.45) is -1.96. The Hall–Kier alpha value is -2.08. The van der Waals surface area contributed by atoms with Crippen molar-refractivity contribution in [3.63, 3.8) is 0 Å². The molecule has 0 spiro atoms. The highest BCUT2D eigenvalue weighted by molar-refractivity contribution is 5.72. The van der Waals surface area contributed by atoms with Crippen LogP contribution in [0.25, 0.3) is 0 Å². The molecule has 2 N–H and O–H groups in total. The Bertz CT molecular complexity index is 379. The number of ether oxygens (including phenoxy) is 1. The molecule has 1 rings (SSSR count). The number of carbonyl (C=O) groups is 2. The third-order valence-electron chi connectivity index (χ3n) is 1.88. The topological polar surface area (TPSA) is 84.9 Å². The second-order valence-corrected chi connectivity index (χ2v) is 3.26. The zero-order valence-electron chi connectivity index (χ0n) is 9.25. The van der Waals surface area contributed by atoms with Gasteiger partial charge in [-0.15, -0.1) is 0 Å². The van der Waals surface area contributed by atoms with E-state index in [1.54, 1.807) is 12.1 Å². The van der Waals surface area contributed by atoms with Crippen molar-refractivity contribution in [2.24, 2.45) is 0 Å². The van der Waals surface area contributed by atoms with Crippen LogP contribution in [-0.2, 0) is 21.0 Å². The Labute approximate surface area is 98.1 Å². The van der Waals surface area contributed by atoms with Crippen LogP contribution >= 0.6 is 0 Å². The molecule has 0 aliphatic rings. The van der Waals surface area contributed by atoms with Crippen LogP contribution in [0.15, 0.2) is 30.3 Å². The highest BCUT2D eigenvalue weighted by Gasteiger charge is 2.13. The fraction of sp³-hybridized carbons (Fsp3) is 0.273. The summed E-state index contributed by atoms with van der Waals surface area (Å²) in [6, 6.07) is 9.09. The minimum Gasteiger partial charge on any atom is -0.479 e. The van der Waals surface area contributed by atoms with Crippen LogP contribution < -0.4 is 5.48 Å². The van der Waals surface area contributed by atoms with Gasteiger partial charge >= 0.3 is 12.1 Å². The lowest BCUT2D eigenvalue weighted by Crippen LogP contribution is -2.32. The third-order valence-corrected chi connectivity index (χ3v) is 1.88. The molecule has 0 fully saturated rings. The molecule has 1 unspecified atom stereocenters. The summed E-state index contributed by atoms with van der Waals surface area (Å²) in [7, 11) is 0. The maximum atomic E-state index is 11.1. The Kier molecular flexibility index (Phi) is 4.96. The molecular formula is C11H13NO5. The number of benzene rings is 1. The molecule has 0 saturated heterocycles. The van der Waals surface area contributed by atoms with Crippen LogP contribution in [0.5, 0.6) is 0 Å². The van der Waals surface area contributed by atoms with Crippen molar-refractivity contribution in [2.45, 2.75) is 19.6 Å². The summed E-state index contributed by atoms with van der Waals surface area (Å²) >= 11 is 0. The molecule has 1 aromatic carbocycles. The minimum absolute atomic E-state index is 0.0947. The number of nitrogens with one attached hydrogen (secondary N) is 1. The summed E-state index contributed by atoms with van der Waals surface area (Å²) < 4.78 is 4.79. The lowest BCUT2D eigenvalue weighted by molar-refractivity contribution is -0.153. The van der Waals surface area contributed by atoms with Crippen molar-refractivity contribution in [1.82, 2.24) is 5.48 Å².